The van der Waals surface area contributed by atoms with E-state index in [0.717, 1.165) is 42.4 Å². The molecule has 2 atom stereocenters. The van der Waals surface area contributed by atoms with Gasteiger partial charge in [-0.25, -0.2) is 9.97 Å². The van der Waals surface area contributed by atoms with Crippen molar-refractivity contribution in [3.63, 3.8) is 0 Å². The summed E-state index contributed by atoms with van der Waals surface area (Å²) in [5.74, 6) is 0.00857. The van der Waals surface area contributed by atoms with Gasteiger partial charge in [-0.1, -0.05) is 34.8 Å². The highest BCUT2D eigenvalue weighted by atomic mass is 35.5. The van der Waals surface area contributed by atoms with Crippen molar-refractivity contribution in [2.24, 2.45) is 5.92 Å². The molecule has 0 unspecified atom stereocenters. The number of methoxy groups -OCH3 is 1. The molecule has 45 heavy (non-hydrogen) atoms. The van der Waals surface area contributed by atoms with Gasteiger partial charge in [0.25, 0.3) is 0 Å². The van der Waals surface area contributed by atoms with E-state index in [0.29, 0.717) is 65.1 Å². The largest absolute Gasteiger partial charge is 0.487 e. The van der Waals surface area contributed by atoms with Gasteiger partial charge in [0.15, 0.2) is 5.75 Å². The van der Waals surface area contributed by atoms with Crippen molar-refractivity contribution in [2.45, 2.75) is 57.2 Å². The number of aryl methyl sites for hydroxylation is 2. The van der Waals surface area contributed by atoms with Crippen LogP contribution in [0.4, 0.5) is 0 Å². The molecule has 2 N–H and O–H groups in total. The van der Waals surface area contributed by atoms with Gasteiger partial charge in [0.2, 0.25) is 11.8 Å². The topological polar surface area (TPSA) is 106 Å². The first-order valence-corrected chi connectivity index (χ1v) is 16.4. The van der Waals surface area contributed by atoms with Gasteiger partial charge in [-0.2, -0.15) is 0 Å². The van der Waals surface area contributed by atoms with Crippen LogP contribution in [0.2, 0.25) is 15.2 Å². The second-order valence-electron chi connectivity index (χ2n) is 11.6. The third-order valence-electron chi connectivity index (χ3n) is 8.32. The molecule has 9 nitrogen and oxygen atoms in total. The minimum atomic E-state index is -1.39. The molecule has 3 heterocycles. The molecule has 2 aliphatic rings. The molecule has 0 radical (unpaired) electrons. The van der Waals surface area contributed by atoms with Crippen LogP contribution in [-0.2, 0) is 28.1 Å². The summed E-state index contributed by atoms with van der Waals surface area (Å²) >= 11 is 18.8. The molecule has 1 amide bonds. The van der Waals surface area contributed by atoms with Crippen molar-refractivity contribution < 1.29 is 24.1 Å². The third kappa shape index (κ3) is 8.39. The number of rotatable bonds is 14. The van der Waals surface area contributed by atoms with Gasteiger partial charge < -0.3 is 29.5 Å². The number of aliphatic hydroxyl groups is 1. The monoisotopic (exact) mass is 676 g/mol. The fourth-order valence-electron chi connectivity index (χ4n) is 5.77. The van der Waals surface area contributed by atoms with Crippen molar-refractivity contribution in [1.29, 1.82) is 0 Å². The van der Waals surface area contributed by atoms with Crippen molar-refractivity contribution in [3.05, 3.63) is 80.2 Å². The van der Waals surface area contributed by atoms with E-state index >= 15 is 0 Å². The molecule has 5 rings (SSSR count). The van der Waals surface area contributed by atoms with Crippen LogP contribution in [0.3, 0.4) is 0 Å². The maximum absolute atomic E-state index is 14.2. The highest BCUT2D eigenvalue weighted by molar-refractivity contribution is 6.37. The second kappa shape index (κ2) is 15.3. The lowest BCUT2D eigenvalue weighted by atomic mass is 9.76. The standard InChI is InChI=1S/C33H39Cl3N4O5/c1-21-14-27(34)31(28(35)15-21)45-13-12-44-30-8-5-24(18-39-30)33(42)9-10-37-19-26(33)32(41)40(25-6-7-25)20-23-16-29(36)38-17-22(23)4-3-11-43-2/h5,8,14-18,25-26,37,42H,3-4,6-7,9-13,19-20H2,1-2H3/t26-,33+/m1/s1. The zero-order valence-electron chi connectivity index (χ0n) is 25.5. The lowest BCUT2D eigenvalue weighted by Crippen LogP contribution is -2.55. The predicted octanol–water partition coefficient (Wildman–Crippen LogP) is 5.77. The van der Waals surface area contributed by atoms with Gasteiger partial charge in [0.1, 0.15) is 24.0 Å². The molecule has 2 aromatic heterocycles. The summed E-state index contributed by atoms with van der Waals surface area (Å²) in [6.07, 6.45) is 7.23. The van der Waals surface area contributed by atoms with Crippen LogP contribution in [0.15, 0.2) is 42.7 Å². The zero-order chi connectivity index (χ0) is 32.0. The lowest BCUT2D eigenvalue weighted by Gasteiger charge is -2.42. The summed E-state index contributed by atoms with van der Waals surface area (Å²) in [4.78, 5) is 24.9. The van der Waals surface area contributed by atoms with Crippen LogP contribution < -0.4 is 14.8 Å². The predicted molar refractivity (Wildman–Crippen MR) is 174 cm³/mol. The average molecular weight is 678 g/mol. The Morgan fingerprint density at radius 1 is 1.04 bits per heavy atom. The number of aromatic nitrogens is 2. The summed E-state index contributed by atoms with van der Waals surface area (Å²) in [6.45, 7) is 4.31. The van der Waals surface area contributed by atoms with Gasteiger partial charge in [-0.15, -0.1) is 0 Å². The van der Waals surface area contributed by atoms with Gasteiger partial charge in [0.05, 0.1) is 16.0 Å². The van der Waals surface area contributed by atoms with E-state index in [-0.39, 0.29) is 25.2 Å². The lowest BCUT2D eigenvalue weighted by molar-refractivity contribution is -0.150. The smallest absolute Gasteiger partial charge is 0.230 e. The quantitative estimate of drug-likeness (QED) is 0.164. The fraction of sp³-hybridized carbons (Fsp3) is 0.485. The number of carbonyl (C=O) groups is 1. The first-order chi connectivity index (χ1) is 21.7. The number of hydrogen-bond acceptors (Lipinski definition) is 8. The molecule has 1 aliphatic heterocycles. The summed E-state index contributed by atoms with van der Waals surface area (Å²) in [5.41, 5.74) is 2.14. The van der Waals surface area contributed by atoms with E-state index in [1.54, 1.807) is 43.8 Å². The minimum absolute atomic E-state index is 0.0890. The number of carbonyl (C=O) groups excluding carboxylic acids is 1. The number of ether oxygens (including phenoxy) is 3. The van der Waals surface area contributed by atoms with Gasteiger partial charge in [-0.3, -0.25) is 4.79 Å². The molecule has 0 bridgehead atoms. The molecule has 242 valence electrons. The van der Waals surface area contributed by atoms with Crippen LogP contribution in [-0.4, -0.2) is 71.9 Å². The summed E-state index contributed by atoms with van der Waals surface area (Å²) in [6, 6.07) is 9.02. The molecule has 12 heteroatoms. The number of piperidine rings is 1. The summed E-state index contributed by atoms with van der Waals surface area (Å²) in [7, 11) is 1.68. The van der Waals surface area contributed by atoms with Crippen molar-refractivity contribution in [3.8, 4) is 11.6 Å². The highest BCUT2D eigenvalue weighted by Crippen LogP contribution is 2.40. The van der Waals surface area contributed by atoms with E-state index in [1.807, 2.05) is 17.9 Å². The van der Waals surface area contributed by atoms with Crippen LogP contribution in [0, 0.1) is 12.8 Å². The Morgan fingerprint density at radius 2 is 1.80 bits per heavy atom. The molecular formula is C33H39Cl3N4O5. The number of hydrogen-bond donors (Lipinski definition) is 2. The summed E-state index contributed by atoms with van der Waals surface area (Å²) < 4.78 is 16.7. The van der Waals surface area contributed by atoms with Crippen LogP contribution in [0.5, 0.6) is 11.6 Å². The molecule has 2 fully saturated rings. The van der Waals surface area contributed by atoms with Crippen LogP contribution in [0.25, 0.3) is 0 Å². The Balaban J connectivity index is 1.26. The molecule has 1 aromatic carbocycles. The first-order valence-electron chi connectivity index (χ1n) is 15.2. The fourth-order valence-corrected chi connectivity index (χ4v) is 6.66. The van der Waals surface area contributed by atoms with E-state index in [9.17, 15) is 9.90 Å². The van der Waals surface area contributed by atoms with Gasteiger partial charge in [-0.05, 0) is 86.5 Å². The highest BCUT2D eigenvalue weighted by Gasteiger charge is 2.48. The molecule has 1 saturated carbocycles. The molecule has 3 aromatic rings. The van der Waals surface area contributed by atoms with E-state index in [4.69, 9.17) is 49.0 Å². The molecular weight excluding hydrogens is 639 g/mol. The van der Waals surface area contributed by atoms with E-state index in [2.05, 4.69) is 15.3 Å². The van der Waals surface area contributed by atoms with Crippen LogP contribution in [0.1, 0.15) is 47.9 Å². The van der Waals surface area contributed by atoms with Gasteiger partial charge >= 0.3 is 0 Å². The number of nitrogens with zero attached hydrogens (tertiary/aromatic N) is 3. The number of amides is 1. The Labute approximate surface area is 279 Å². The second-order valence-corrected chi connectivity index (χ2v) is 12.8. The number of benzene rings is 1. The SMILES string of the molecule is COCCCc1cnc(Cl)cc1CN(C(=O)[C@H]1CNCC[C@]1(O)c1ccc(OCCOc2c(Cl)cc(C)cc2Cl)nc1)C1CC1. The molecule has 1 aliphatic carbocycles. The van der Waals surface area contributed by atoms with Crippen molar-refractivity contribution >= 4 is 40.7 Å². The Kier molecular flexibility index (Phi) is 11.4. The van der Waals surface area contributed by atoms with Gasteiger partial charge in [0, 0.05) is 56.9 Å². The Bertz CT molecular complexity index is 1450. The summed E-state index contributed by atoms with van der Waals surface area (Å²) in [5, 5.41) is 16.7. The zero-order valence-corrected chi connectivity index (χ0v) is 27.8. The normalized spacial score (nSPS) is 19.7. The number of nitrogens with one attached hydrogen (secondary N) is 1. The maximum Gasteiger partial charge on any atom is 0.230 e. The Morgan fingerprint density at radius 3 is 2.49 bits per heavy atom. The maximum atomic E-state index is 14.2. The Hall–Kier alpha value is -2.66. The molecule has 1 saturated heterocycles. The average Bonchev–Trinajstić information content (AvgIpc) is 3.86. The van der Waals surface area contributed by atoms with Crippen LogP contribution >= 0.6 is 34.8 Å². The minimum Gasteiger partial charge on any atom is -0.487 e. The third-order valence-corrected chi connectivity index (χ3v) is 9.09. The van der Waals surface area contributed by atoms with E-state index in [1.165, 1.54) is 0 Å². The van der Waals surface area contributed by atoms with Crippen molar-refractivity contribution in [2.75, 3.05) is 40.0 Å². The van der Waals surface area contributed by atoms with Crippen molar-refractivity contribution in [1.82, 2.24) is 20.2 Å². The first kappa shape index (κ1) is 33.7. The number of halogens is 3. The van der Waals surface area contributed by atoms with E-state index < -0.39 is 11.5 Å². The number of pyridine rings is 2. The molecule has 0 spiro atoms.